The summed E-state index contributed by atoms with van der Waals surface area (Å²) in [5.41, 5.74) is 1.25. The van der Waals surface area contributed by atoms with Crippen molar-refractivity contribution >= 4 is 5.82 Å². The van der Waals surface area contributed by atoms with E-state index in [-0.39, 0.29) is 0 Å². The fraction of sp³-hybridized carbons (Fsp3) is 0.688. The van der Waals surface area contributed by atoms with Gasteiger partial charge in [0.05, 0.1) is 0 Å². The van der Waals surface area contributed by atoms with Crippen LogP contribution in [-0.4, -0.2) is 48.6 Å². The second kappa shape index (κ2) is 7.04. The van der Waals surface area contributed by atoms with Crippen molar-refractivity contribution in [2.75, 3.05) is 31.6 Å². The van der Waals surface area contributed by atoms with Crippen LogP contribution in [0.1, 0.15) is 32.8 Å². The summed E-state index contributed by atoms with van der Waals surface area (Å²) in [7, 11) is 2.22. The molecule has 1 aliphatic rings. The summed E-state index contributed by atoms with van der Waals surface area (Å²) < 4.78 is 0. The van der Waals surface area contributed by atoms with E-state index in [1.807, 2.05) is 6.20 Å². The fourth-order valence-corrected chi connectivity index (χ4v) is 2.63. The van der Waals surface area contributed by atoms with Crippen LogP contribution in [0.25, 0.3) is 0 Å². The summed E-state index contributed by atoms with van der Waals surface area (Å²) in [6.45, 7) is 10.8. The maximum absolute atomic E-state index is 4.64. The average molecular weight is 276 g/mol. The maximum Gasteiger partial charge on any atom is 0.128 e. The molecular formula is C16H28N4. The Hall–Kier alpha value is -1.13. The number of aromatic nitrogens is 1. The summed E-state index contributed by atoms with van der Waals surface area (Å²) in [5.74, 6) is 1.12. The molecular weight excluding hydrogens is 248 g/mol. The van der Waals surface area contributed by atoms with E-state index in [2.05, 4.69) is 60.1 Å². The number of rotatable bonds is 5. The first-order valence-corrected chi connectivity index (χ1v) is 7.73. The van der Waals surface area contributed by atoms with Crippen LogP contribution >= 0.6 is 0 Å². The van der Waals surface area contributed by atoms with Gasteiger partial charge in [0.25, 0.3) is 0 Å². The summed E-state index contributed by atoms with van der Waals surface area (Å²) in [4.78, 5) is 9.51. The number of pyridine rings is 1. The summed E-state index contributed by atoms with van der Waals surface area (Å²) in [5, 5.41) is 3.42. The molecule has 20 heavy (non-hydrogen) atoms. The number of likely N-dealkylation sites (N-methyl/N-ethyl adjacent to an activating group) is 1. The summed E-state index contributed by atoms with van der Waals surface area (Å²) >= 11 is 0. The molecule has 1 aromatic heterocycles. The van der Waals surface area contributed by atoms with Gasteiger partial charge in [-0.05, 0) is 25.1 Å². The van der Waals surface area contributed by atoms with E-state index in [1.54, 1.807) is 0 Å². The van der Waals surface area contributed by atoms with E-state index in [0.29, 0.717) is 12.1 Å². The Morgan fingerprint density at radius 2 is 2.15 bits per heavy atom. The minimum absolute atomic E-state index is 0.512. The van der Waals surface area contributed by atoms with Crippen molar-refractivity contribution in [3.8, 4) is 0 Å². The van der Waals surface area contributed by atoms with Crippen LogP contribution in [0.2, 0.25) is 0 Å². The van der Waals surface area contributed by atoms with Gasteiger partial charge in [0.15, 0.2) is 0 Å². The van der Waals surface area contributed by atoms with Gasteiger partial charge >= 0.3 is 0 Å². The van der Waals surface area contributed by atoms with Gasteiger partial charge in [-0.1, -0.05) is 26.8 Å². The maximum atomic E-state index is 4.64. The van der Waals surface area contributed by atoms with E-state index < -0.39 is 0 Å². The molecule has 0 bridgehead atoms. The Balaban J connectivity index is 1.96. The molecule has 0 saturated carbocycles. The van der Waals surface area contributed by atoms with Crippen molar-refractivity contribution in [1.29, 1.82) is 0 Å². The third kappa shape index (κ3) is 3.93. The van der Waals surface area contributed by atoms with Crippen LogP contribution in [0.5, 0.6) is 0 Å². The molecule has 0 radical (unpaired) electrons. The van der Waals surface area contributed by atoms with Crippen molar-refractivity contribution in [3.05, 3.63) is 23.9 Å². The standard InChI is InChI=1S/C16H28N4/c1-5-15-12-20(9-8-19(15)4)16-7-6-14(11-18-16)10-17-13(2)3/h6-7,11,13,15,17H,5,8-10,12H2,1-4H3. The lowest BCUT2D eigenvalue weighted by Crippen LogP contribution is -2.51. The van der Waals surface area contributed by atoms with Gasteiger partial charge in [-0.2, -0.15) is 0 Å². The molecule has 2 heterocycles. The first kappa shape index (κ1) is 15.3. The van der Waals surface area contributed by atoms with Crippen LogP contribution in [-0.2, 0) is 6.54 Å². The highest BCUT2D eigenvalue weighted by Crippen LogP contribution is 2.17. The molecule has 4 nitrogen and oxygen atoms in total. The Labute approximate surface area is 123 Å². The molecule has 0 aromatic carbocycles. The molecule has 1 atom stereocenters. The van der Waals surface area contributed by atoms with Crippen molar-refractivity contribution in [1.82, 2.24) is 15.2 Å². The molecule has 0 spiro atoms. The van der Waals surface area contributed by atoms with Crippen LogP contribution in [0.15, 0.2) is 18.3 Å². The van der Waals surface area contributed by atoms with Crippen LogP contribution < -0.4 is 10.2 Å². The molecule has 1 unspecified atom stereocenters. The van der Waals surface area contributed by atoms with Crippen molar-refractivity contribution in [3.63, 3.8) is 0 Å². The van der Waals surface area contributed by atoms with E-state index in [0.717, 1.165) is 32.0 Å². The minimum Gasteiger partial charge on any atom is -0.354 e. The summed E-state index contributed by atoms with van der Waals surface area (Å²) in [6.07, 6.45) is 3.20. The highest BCUT2D eigenvalue weighted by Gasteiger charge is 2.23. The Morgan fingerprint density at radius 3 is 2.75 bits per heavy atom. The third-order valence-electron chi connectivity index (χ3n) is 4.10. The number of nitrogens with zero attached hydrogens (tertiary/aromatic N) is 3. The highest BCUT2D eigenvalue weighted by molar-refractivity contribution is 5.40. The molecule has 1 saturated heterocycles. The van der Waals surface area contributed by atoms with Crippen molar-refractivity contribution in [2.24, 2.45) is 0 Å². The van der Waals surface area contributed by atoms with E-state index in [1.165, 1.54) is 12.0 Å². The van der Waals surface area contributed by atoms with Gasteiger partial charge in [0.2, 0.25) is 0 Å². The molecule has 112 valence electrons. The number of hydrogen-bond donors (Lipinski definition) is 1. The van der Waals surface area contributed by atoms with Gasteiger partial charge < -0.3 is 10.2 Å². The summed E-state index contributed by atoms with van der Waals surface area (Å²) in [6, 6.07) is 5.51. The number of nitrogens with one attached hydrogen (secondary N) is 1. The van der Waals surface area contributed by atoms with E-state index >= 15 is 0 Å². The lowest BCUT2D eigenvalue weighted by atomic mass is 10.1. The first-order chi connectivity index (χ1) is 9.60. The van der Waals surface area contributed by atoms with Crippen molar-refractivity contribution in [2.45, 2.75) is 45.8 Å². The zero-order valence-corrected chi connectivity index (χ0v) is 13.3. The van der Waals surface area contributed by atoms with Gasteiger partial charge in [0.1, 0.15) is 5.82 Å². The average Bonchev–Trinajstić information content (AvgIpc) is 2.46. The fourth-order valence-electron chi connectivity index (χ4n) is 2.63. The van der Waals surface area contributed by atoms with E-state index in [9.17, 15) is 0 Å². The monoisotopic (exact) mass is 276 g/mol. The molecule has 4 heteroatoms. The zero-order chi connectivity index (χ0) is 14.5. The topological polar surface area (TPSA) is 31.4 Å². The lowest BCUT2D eigenvalue weighted by molar-refractivity contribution is 0.213. The van der Waals surface area contributed by atoms with Gasteiger partial charge in [-0.15, -0.1) is 0 Å². The smallest absolute Gasteiger partial charge is 0.128 e. The van der Waals surface area contributed by atoms with E-state index in [4.69, 9.17) is 0 Å². The molecule has 2 rings (SSSR count). The highest BCUT2D eigenvalue weighted by atomic mass is 15.3. The molecule has 0 amide bonds. The van der Waals surface area contributed by atoms with Gasteiger partial charge in [-0.25, -0.2) is 4.98 Å². The predicted molar refractivity (Wildman–Crippen MR) is 85.1 cm³/mol. The number of hydrogen-bond acceptors (Lipinski definition) is 4. The molecule has 1 fully saturated rings. The zero-order valence-electron chi connectivity index (χ0n) is 13.3. The second-order valence-electron chi connectivity index (χ2n) is 6.05. The van der Waals surface area contributed by atoms with Gasteiger partial charge in [-0.3, -0.25) is 4.90 Å². The largest absolute Gasteiger partial charge is 0.354 e. The first-order valence-electron chi connectivity index (χ1n) is 7.73. The van der Waals surface area contributed by atoms with Crippen LogP contribution in [0.4, 0.5) is 5.82 Å². The van der Waals surface area contributed by atoms with Crippen LogP contribution in [0, 0.1) is 0 Å². The SMILES string of the molecule is CCC1CN(c2ccc(CNC(C)C)cn2)CCN1C. The molecule has 1 N–H and O–H groups in total. The van der Waals surface area contributed by atoms with Gasteiger partial charge in [0, 0.05) is 44.5 Å². The third-order valence-corrected chi connectivity index (χ3v) is 4.10. The number of anilines is 1. The Morgan fingerprint density at radius 1 is 1.35 bits per heavy atom. The Bertz CT molecular complexity index is 401. The normalized spacial score (nSPS) is 20.6. The second-order valence-corrected chi connectivity index (χ2v) is 6.05. The predicted octanol–water partition coefficient (Wildman–Crippen LogP) is 2.11. The minimum atomic E-state index is 0.512. The lowest BCUT2D eigenvalue weighted by Gasteiger charge is -2.39. The van der Waals surface area contributed by atoms with Crippen molar-refractivity contribution < 1.29 is 0 Å². The molecule has 1 aromatic rings. The number of piperazine rings is 1. The van der Waals surface area contributed by atoms with Crippen LogP contribution in [0.3, 0.4) is 0 Å². The molecule has 0 aliphatic carbocycles. The quantitative estimate of drug-likeness (QED) is 0.892. The molecule has 1 aliphatic heterocycles. The Kier molecular flexibility index (Phi) is 5.38.